The third-order valence-corrected chi connectivity index (χ3v) is 3.42. The molecule has 0 aliphatic carbocycles. The second kappa shape index (κ2) is 7.86. The first kappa shape index (κ1) is 13.7. The zero-order valence-corrected chi connectivity index (χ0v) is 11.6. The van der Waals surface area contributed by atoms with E-state index in [4.69, 9.17) is 11.6 Å². The lowest BCUT2D eigenvalue weighted by molar-refractivity contribution is 0.0978. The molecule has 1 rings (SSSR count). The average Bonchev–Trinajstić information content (AvgIpc) is 2.29. The molecule has 0 spiro atoms. The van der Waals surface area contributed by atoms with E-state index in [0.717, 1.165) is 41.6 Å². The number of Topliss-reactive ketones (excluding diaryl/α,β-unsaturated/α-hetero) is 1. The van der Waals surface area contributed by atoms with Gasteiger partial charge in [-0.1, -0.05) is 47.0 Å². The van der Waals surface area contributed by atoms with Crippen molar-refractivity contribution in [3.63, 3.8) is 0 Å². The van der Waals surface area contributed by atoms with E-state index in [1.165, 1.54) is 0 Å². The molecule has 0 saturated heterocycles. The van der Waals surface area contributed by atoms with Crippen molar-refractivity contribution in [1.29, 1.82) is 0 Å². The van der Waals surface area contributed by atoms with Crippen molar-refractivity contribution in [1.82, 2.24) is 0 Å². The predicted octanol–water partition coefficient (Wildman–Crippen LogP) is 4.82. The SMILES string of the molecule is O=C(CCCCCCCl)c1ccccc1Br. The number of alkyl halides is 1. The Morgan fingerprint density at radius 3 is 2.50 bits per heavy atom. The van der Waals surface area contributed by atoms with Crippen LogP contribution in [0.2, 0.25) is 0 Å². The van der Waals surface area contributed by atoms with Crippen LogP contribution in [-0.2, 0) is 0 Å². The first-order valence-electron chi connectivity index (χ1n) is 5.59. The minimum absolute atomic E-state index is 0.221. The van der Waals surface area contributed by atoms with Gasteiger partial charge in [0.15, 0.2) is 5.78 Å². The molecule has 0 radical (unpaired) electrons. The van der Waals surface area contributed by atoms with E-state index in [1.807, 2.05) is 24.3 Å². The molecule has 0 bridgehead atoms. The average molecular weight is 304 g/mol. The number of hydrogen-bond donors (Lipinski definition) is 0. The number of halogens is 2. The lowest BCUT2D eigenvalue weighted by Gasteiger charge is -2.03. The Morgan fingerprint density at radius 1 is 1.12 bits per heavy atom. The summed E-state index contributed by atoms with van der Waals surface area (Å²) in [5.74, 6) is 0.941. The lowest BCUT2D eigenvalue weighted by Crippen LogP contribution is -1.99. The fourth-order valence-electron chi connectivity index (χ4n) is 1.56. The van der Waals surface area contributed by atoms with E-state index in [2.05, 4.69) is 15.9 Å². The van der Waals surface area contributed by atoms with Gasteiger partial charge < -0.3 is 0 Å². The van der Waals surface area contributed by atoms with Gasteiger partial charge in [-0.25, -0.2) is 0 Å². The molecule has 1 aromatic carbocycles. The van der Waals surface area contributed by atoms with Crippen molar-refractivity contribution in [2.24, 2.45) is 0 Å². The lowest BCUT2D eigenvalue weighted by atomic mass is 10.0. The molecule has 0 saturated carbocycles. The molecule has 1 nitrogen and oxygen atoms in total. The number of benzene rings is 1. The summed E-state index contributed by atoms with van der Waals surface area (Å²) < 4.78 is 0.890. The molecule has 3 heteroatoms. The summed E-state index contributed by atoms with van der Waals surface area (Å²) in [5, 5.41) is 0. The number of hydrogen-bond acceptors (Lipinski definition) is 1. The van der Waals surface area contributed by atoms with Crippen molar-refractivity contribution < 1.29 is 4.79 Å². The molecule has 0 atom stereocenters. The van der Waals surface area contributed by atoms with Crippen LogP contribution in [0.4, 0.5) is 0 Å². The minimum atomic E-state index is 0.221. The van der Waals surface area contributed by atoms with Gasteiger partial charge in [0.05, 0.1) is 0 Å². The second-order valence-corrected chi connectivity index (χ2v) is 4.99. The number of rotatable bonds is 7. The largest absolute Gasteiger partial charge is 0.294 e. The molecule has 0 amide bonds. The third kappa shape index (κ3) is 4.67. The van der Waals surface area contributed by atoms with Crippen molar-refractivity contribution in [2.45, 2.75) is 32.1 Å². The topological polar surface area (TPSA) is 17.1 Å². The number of ketones is 1. The zero-order valence-electron chi connectivity index (χ0n) is 9.22. The van der Waals surface area contributed by atoms with Gasteiger partial charge in [0.25, 0.3) is 0 Å². The summed E-state index contributed by atoms with van der Waals surface area (Å²) in [7, 11) is 0. The maximum atomic E-state index is 11.8. The molecular formula is C13H16BrClO. The maximum absolute atomic E-state index is 11.8. The third-order valence-electron chi connectivity index (χ3n) is 2.46. The quantitative estimate of drug-likeness (QED) is 0.401. The summed E-state index contributed by atoms with van der Waals surface area (Å²) in [6.07, 6.45) is 4.84. The van der Waals surface area contributed by atoms with Crippen LogP contribution in [-0.4, -0.2) is 11.7 Å². The molecule has 0 N–H and O–H groups in total. The minimum Gasteiger partial charge on any atom is -0.294 e. The molecule has 0 heterocycles. The van der Waals surface area contributed by atoms with E-state index in [0.29, 0.717) is 6.42 Å². The van der Waals surface area contributed by atoms with Crippen LogP contribution in [0.5, 0.6) is 0 Å². The van der Waals surface area contributed by atoms with Gasteiger partial charge in [0.1, 0.15) is 0 Å². The Kier molecular flexibility index (Phi) is 6.74. The highest BCUT2D eigenvalue weighted by Crippen LogP contribution is 2.18. The van der Waals surface area contributed by atoms with Crippen molar-refractivity contribution >= 4 is 33.3 Å². The zero-order chi connectivity index (χ0) is 11.8. The molecule has 0 aliphatic rings. The Bertz CT molecular complexity index is 338. The summed E-state index contributed by atoms with van der Waals surface area (Å²) in [4.78, 5) is 11.8. The predicted molar refractivity (Wildman–Crippen MR) is 72.3 cm³/mol. The van der Waals surface area contributed by atoms with E-state index < -0.39 is 0 Å². The molecule has 0 aromatic heterocycles. The molecule has 88 valence electrons. The number of carbonyl (C=O) groups is 1. The first-order valence-corrected chi connectivity index (χ1v) is 6.92. The molecule has 16 heavy (non-hydrogen) atoms. The van der Waals surface area contributed by atoms with Gasteiger partial charge in [0, 0.05) is 22.3 Å². The smallest absolute Gasteiger partial charge is 0.164 e. The van der Waals surface area contributed by atoms with Gasteiger partial charge >= 0.3 is 0 Å². The van der Waals surface area contributed by atoms with Crippen molar-refractivity contribution in [3.8, 4) is 0 Å². The monoisotopic (exact) mass is 302 g/mol. The summed E-state index contributed by atoms with van der Waals surface area (Å²) in [6, 6.07) is 7.58. The molecule has 0 aliphatic heterocycles. The fourth-order valence-corrected chi connectivity index (χ4v) is 2.25. The number of carbonyl (C=O) groups excluding carboxylic acids is 1. The van der Waals surface area contributed by atoms with Crippen molar-refractivity contribution in [3.05, 3.63) is 34.3 Å². The highest BCUT2D eigenvalue weighted by Gasteiger charge is 2.08. The van der Waals surface area contributed by atoms with Crippen LogP contribution in [0, 0.1) is 0 Å². The molecular weight excluding hydrogens is 287 g/mol. The van der Waals surface area contributed by atoms with Gasteiger partial charge in [-0.2, -0.15) is 0 Å². The van der Waals surface area contributed by atoms with Crippen LogP contribution in [0.15, 0.2) is 28.7 Å². The first-order chi connectivity index (χ1) is 7.75. The standard InChI is InChI=1S/C13H16BrClO/c14-12-8-5-4-7-11(12)13(16)9-3-1-2-6-10-15/h4-5,7-8H,1-3,6,9-10H2. The second-order valence-electron chi connectivity index (χ2n) is 3.76. The molecule has 1 aromatic rings. The van der Waals surface area contributed by atoms with E-state index in [-0.39, 0.29) is 5.78 Å². The highest BCUT2D eigenvalue weighted by molar-refractivity contribution is 9.10. The normalized spacial score (nSPS) is 10.4. The maximum Gasteiger partial charge on any atom is 0.164 e. The van der Waals surface area contributed by atoms with E-state index in [9.17, 15) is 4.79 Å². The Balaban J connectivity index is 2.33. The van der Waals surface area contributed by atoms with Crippen LogP contribution >= 0.6 is 27.5 Å². The summed E-state index contributed by atoms with van der Waals surface area (Å²) in [6.45, 7) is 0. The van der Waals surface area contributed by atoms with Crippen LogP contribution in [0.1, 0.15) is 42.5 Å². The van der Waals surface area contributed by atoms with Gasteiger partial charge in [-0.15, -0.1) is 11.6 Å². The van der Waals surface area contributed by atoms with Gasteiger partial charge in [-0.05, 0) is 18.9 Å². The Hall–Kier alpha value is -0.340. The highest BCUT2D eigenvalue weighted by atomic mass is 79.9. The van der Waals surface area contributed by atoms with Crippen LogP contribution in [0.3, 0.4) is 0 Å². The van der Waals surface area contributed by atoms with Crippen LogP contribution < -0.4 is 0 Å². The summed E-state index contributed by atoms with van der Waals surface area (Å²) >= 11 is 8.98. The number of unbranched alkanes of at least 4 members (excludes halogenated alkanes) is 3. The van der Waals surface area contributed by atoms with E-state index in [1.54, 1.807) is 0 Å². The van der Waals surface area contributed by atoms with Crippen LogP contribution in [0.25, 0.3) is 0 Å². The molecule has 0 unspecified atom stereocenters. The molecule has 0 fully saturated rings. The van der Waals surface area contributed by atoms with Gasteiger partial charge in [-0.3, -0.25) is 4.79 Å². The van der Waals surface area contributed by atoms with Crippen molar-refractivity contribution in [2.75, 3.05) is 5.88 Å². The van der Waals surface area contributed by atoms with E-state index >= 15 is 0 Å². The summed E-state index contributed by atoms with van der Waals surface area (Å²) in [5.41, 5.74) is 0.792. The fraction of sp³-hybridized carbons (Fsp3) is 0.462. The Morgan fingerprint density at radius 2 is 1.81 bits per heavy atom. The Labute approximate surface area is 110 Å². The van der Waals surface area contributed by atoms with Gasteiger partial charge in [0.2, 0.25) is 0 Å².